The number of nitrogens with zero attached hydrogens (tertiary/aromatic N) is 1. The molecule has 6 heteroatoms. The molecule has 0 radical (unpaired) electrons. The van der Waals surface area contributed by atoms with E-state index in [2.05, 4.69) is 4.98 Å². The van der Waals surface area contributed by atoms with Gasteiger partial charge in [0, 0.05) is 24.5 Å². The summed E-state index contributed by atoms with van der Waals surface area (Å²) in [6.07, 6.45) is -1.29. The molecule has 0 fully saturated rings. The number of phenols is 1. The van der Waals surface area contributed by atoms with E-state index >= 15 is 0 Å². The molecule has 0 aliphatic carbocycles. The number of halogens is 3. The van der Waals surface area contributed by atoms with E-state index in [1.54, 1.807) is 42.7 Å². The molecule has 0 aliphatic rings. The second-order valence-corrected chi connectivity index (χ2v) is 5.59. The van der Waals surface area contributed by atoms with Crippen LogP contribution < -0.4 is 5.73 Å². The van der Waals surface area contributed by atoms with Gasteiger partial charge >= 0.3 is 6.18 Å². The van der Waals surface area contributed by atoms with Crippen LogP contribution in [0.4, 0.5) is 13.2 Å². The quantitative estimate of drug-likeness (QED) is 0.625. The van der Waals surface area contributed by atoms with Crippen molar-refractivity contribution in [3.05, 3.63) is 72.1 Å². The Labute approximate surface area is 156 Å². The summed E-state index contributed by atoms with van der Waals surface area (Å²) in [6.45, 7) is 4.01. The summed E-state index contributed by atoms with van der Waals surface area (Å²) in [6, 6.07) is 11.9. The lowest BCUT2D eigenvalue weighted by Crippen LogP contribution is -2.07. The van der Waals surface area contributed by atoms with Crippen LogP contribution in [0.3, 0.4) is 0 Å². The van der Waals surface area contributed by atoms with Gasteiger partial charge in [-0.3, -0.25) is 4.98 Å². The molecule has 0 aliphatic heterocycles. The van der Waals surface area contributed by atoms with Crippen LogP contribution in [0.1, 0.15) is 25.0 Å². The van der Waals surface area contributed by atoms with Gasteiger partial charge in [-0.1, -0.05) is 19.9 Å². The predicted molar refractivity (Wildman–Crippen MR) is 101 cm³/mol. The Balaban J connectivity index is 0.00000126. The molecule has 0 atom stereocenters. The van der Waals surface area contributed by atoms with Gasteiger partial charge in [-0.2, -0.15) is 13.2 Å². The molecule has 0 amide bonds. The normalized spacial score (nSPS) is 10.9. The molecule has 0 saturated carbocycles. The Morgan fingerprint density at radius 3 is 2.15 bits per heavy atom. The Hall–Kier alpha value is -2.86. The van der Waals surface area contributed by atoms with E-state index in [4.69, 9.17) is 5.73 Å². The minimum absolute atomic E-state index is 0.00617. The molecule has 2 aromatic carbocycles. The van der Waals surface area contributed by atoms with Crippen LogP contribution in [0.15, 0.2) is 60.9 Å². The van der Waals surface area contributed by atoms with E-state index in [1.807, 2.05) is 13.8 Å². The van der Waals surface area contributed by atoms with Crippen molar-refractivity contribution in [2.45, 2.75) is 26.6 Å². The zero-order valence-corrected chi connectivity index (χ0v) is 15.1. The molecule has 27 heavy (non-hydrogen) atoms. The van der Waals surface area contributed by atoms with Crippen LogP contribution in [0, 0.1) is 0 Å². The molecule has 1 heterocycles. The van der Waals surface area contributed by atoms with Crippen LogP contribution in [0.2, 0.25) is 0 Å². The number of phenolic OH excluding ortho intramolecular Hbond substituents is 1. The summed E-state index contributed by atoms with van der Waals surface area (Å²) in [7, 11) is 0. The van der Waals surface area contributed by atoms with Crippen molar-refractivity contribution in [2.24, 2.45) is 5.73 Å². The van der Waals surface area contributed by atoms with Gasteiger partial charge in [-0.15, -0.1) is 0 Å². The molecule has 3 nitrogen and oxygen atoms in total. The first kappa shape index (κ1) is 20.5. The number of pyridine rings is 1. The largest absolute Gasteiger partial charge is 0.507 e. The van der Waals surface area contributed by atoms with E-state index in [9.17, 15) is 18.3 Å². The number of alkyl halides is 3. The maximum atomic E-state index is 13.1. The maximum Gasteiger partial charge on any atom is 0.416 e. The van der Waals surface area contributed by atoms with Gasteiger partial charge in [0.1, 0.15) is 5.75 Å². The summed E-state index contributed by atoms with van der Waals surface area (Å²) < 4.78 is 39.4. The highest BCUT2D eigenvalue weighted by Gasteiger charge is 2.31. The molecule has 0 bridgehead atoms. The topological polar surface area (TPSA) is 59.1 Å². The van der Waals surface area contributed by atoms with Gasteiger partial charge < -0.3 is 10.8 Å². The third-order valence-electron chi connectivity index (χ3n) is 3.88. The van der Waals surface area contributed by atoms with Crippen LogP contribution >= 0.6 is 0 Å². The number of rotatable bonds is 3. The standard InChI is InChI=1S/C19H15F3N2O.C2H6/c20-19(21,22)16-8-12(11-23)7-15(9-16)14-1-2-18(25)17(10-14)13-3-5-24-6-4-13;1-2/h1-10,25H,11,23H2;1-2H3. The van der Waals surface area contributed by atoms with E-state index in [-0.39, 0.29) is 12.3 Å². The fourth-order valence-electron chi connectivity index (χ4n) is 2.62. The van der Waals surface area contributed by atoms with Crippen molar-refractivity contribution in [3.8, 4) is 28.0 Å². The average molecular weight is 374 g/mol. The Kier molecular flexibility index (Phi) is 6.58. The summed E-state index contributed by atoms with van der Waals surface area (Å²) in [4.78, 5) is 3.92. The van der Waals surface area contributed by atoms with E-state index < -0.39 is 11.7 Å². The van der Waals surface area contributed by atoms with Gasteiger partial charge in [0.25, 0.3) is 0 Å². The molecule has 0 unspecified atom stereocenters. The number of aromatic hydroxyl groups is 1. The lowest BCUT2D eigenvalue weighted by Gasteiger charge is -2.13. The number of benzene rings is 2. The van der Waals surface area contributed by atoms with Gasteiger partial charge in [-0.05, 0) is 64.7 Å². The minimum atomic E-state index is -4.45. The molecule has 3 rings (SSSR count). The van der Waals surface area contributed by atoms with Crippen LogP contribution in [-0.2, 0) is 12.7 Å². The SMILES string of the molecule is CC.NCc1cc(-c2ccc(O)c(-c3ccncc3)c2)cc(C(F)(F)F)c1. The number of nitrogens with two attached hydrogens (primary N) is 1. The second-order valence-electron chi connectivity index (χ2n) is 5.59. The summed E-state index contributed by atoms with van der Waals surface area (Å²) in [5.41, 5.74) is 7.38. The molecular weight excluding hydrogens is 353 g/mol. The van der Waals surface area contributed by atoms with E-state index in [0.717, 1.165) is 17.7 Å². The van der Waals surface area contributed by atoms with Gasteiger partial charge in [0.15, 0.2) is 0 Å². The fraction of sp³-hybridized carbons (Fsp3) is 0.190. The fourth-order valence-corrected chi connectivity index (χ4v) is 2.62. The summed E-state index contributed by atoms with van der Waals surface area (Å²) >= 11 is 0. The van der Waals surface area contributed by atoms with Crippen LogP contribution in [0.25, 0.3) is 22.3 Å². The number of aromatic nitrogens is 1. The molecule has 142 valence electrons. The van der Waals surface area contributed by atoms with Crippen molar-refractivity contribution in [3.63, 3.8) is 0 Å². The second kappa shape index (κ2) is 8.68. The Morgan fingerprint density at radius 1 is 0.889 bits per heavy atom. The smallest absolute Gasteiger partial charge is 0.416 e. The highest BCUT2D eigenvalue weighted by molar-refractivity contribution is 5.77. The number of hydrogen-bond acceptors (Lipinski definition) is 3. The van der Waals surface area contributed by atoms with Crippen molar-refractivity contribution in [1.82, 2.24) is 4.98 Å². The maximum absolute atomic E-state index is 13.1. The predicted octanol–water partition coefficient (Wildman–Crippen LogP) is 5.62. The van der Waals surface area contributed by atoms with Crippen molar-refractivity contribution in [2.75, 3.05) is 0 Å². The van der Waals surface area contributed by atoms with Crippen molar-refractivity contribution >= 4 is 0 Å². The molecule has 0 saturated heterocycles. The third-order valence-corrected chi connectivity index (χ3v) is 3.88. The average Bonchev–Trinajstić information content (AvgIpc) is 2.69. The minimum Gasteiger partial charge on any atom is -0.507 e. The Morgan fingerprint density at radius 2 is 1.56 bits per heavy atom. The number of hydrogen-bond donors (Lipinski definition) is 2. The lowest BCUT2D eigenvalue weighted by molar-refractivity contribution is -0.137. The first-order valence-corrected chi connectivity index (χ1v) is 8.53. The van der Waals surface area contributed by atoms with E-state index in [0.29, 0.717) is 22.3 Å². The molecule has 3 aromatic rings. The van der Waals surface area contributed by atoms with Gasteiger partial charge in [0.2, 0.25) is 0 Å². The lowest BCUT2D eigenvalue weighted by atomic mass is 9.96. The Bertz CT molecular complexity index is 894. The van der Waals surface area contributed by atoms with Gasteiger partial charge in [-0.25, -0.2) is 0 Å². The highest BCUT2D eigenvalue weighted by Crippen LogP contribution is 2.36. The third kappa shape index (κ3) is 4.86. The van der Waals surface area contributed by atoms with Crippen molar-refractivity contribution in [1.29, 1.82) is 0 Å². The molecule has 3 N–H and O–H groups in total. The first-order valence-electron chi connectivity index (χ1n) is 8.53. The molecule has 0 spiro atoms. The zero-order chi connectivity index (χ0) is 20.0. The van der Waals surface area contributed by atoms with Crippen molar-refractivity contribution < 1.29 is 18.3 Å². The zero-order valence-electron chi connectivity index (χ0n) is 15.1. The summed E-state index contributed by atoms with van der Waals surface area (Å²) in [5, 5.41) is 10.1. The summed E-state index contributed by atoms with van der Waals surface area (Å²) in [5.74, 6) is 0.0426. The van der Waals surface area contributed by atoms with Crippen LogP contribution in [-0.4, -0.2) is 10.1 Å². The van der Waals surface area contributed by atoms with Gasteiger partial charge in [0.05, 0.1) is 5.56 Å². The molecule has 1 aromatic heterocycles. The first-order chi connectivity index (χ1) is 12.9. The van der Waals surface area contributed by atoms with E-state index in [1.165, 1.54) is 6.07 Å². The highest BCUT2D eigenvalue weighted by atomic mass is 19.4. The van der Waals surface area contributed by atoms with Crippen LogP contribution in [0.5, 0.6) is 5.75 Å². The molecular formula is C21H21F3N2O. The monoisotopic (exact) mass is 374 g/mol.